The van der Waals surface area contributed by atoms with Crippen LogP contribution in [0.2, 0.25) is 0 Å². The molecular formula is C85H89N9O23S2. The van der Waals surface area contributed by atoms with E-state index in [0.717, 1.165) is 40.2 Å². The second kappa shape index (κ2) is 37.2. The normalized spacial score (nSPS) is 18.6. The Bertz CT molecular complexity index is 5580. The van der Waals surface area contributed by atoms with E-state index in [1.165, 1.54) is 50.6 Å². The summed E-state index contributed by atoms with van der Waals surface area (Å²) in [7, 11) is -4.10. The van der Waals surface area contributed by atoms with Gasteiger partial charge < -0.3 is 81.6 Å². The molecular weight excluding hydrogens is 1580 g/mol. The molecule has 1 unspecified atom stereocenters. The molecule has 2 amide bonds. The third-order valence-corrected chi connectivity index (χ3v) is 24.1. The van der Waals surface area contributed by atoms with Gasteiger partial charge in [-0.05, 0) is 115 Å². The van der Waals surface area contributed by atoms with Gasteiger partial charge >= 0.3 is 10.1 Å². The summed E-state index contributed by atoms with van der Waals surface area (Å²) in [5.41, 5.74) is 7.65. The molecule has 9 aromatic rings. The number of hydrogen-bond acceptors (Lipinski definition) is 28. The number of benzene rings is 7. The number of ether oxygens (including phenoxy) is 9. The summed E-state index contributed by atoms with van der Waals surface area (Å²) in [5, 5.41) is 50.9. The summed E-state index contributed by atoms with van der Waals surface area (Å²) in [4.78, 5) is 85.7. The van der Waals surface area contributed by atoms with Crippen LogP contribution >= 0.6 is 0 Å². The second-order valence-electron chi connectivity index (χ2n) is 29.3. The third-order valence-electron chi connectivity index (χ3n) is 21.1. The lowest BCUT2D eigenvalue weighted by Crippen LogP contribution is -2.60. The largest absolute Gasteiger partial charge is 0.493 e. The molecule has 7 heterocycles. The molecule has 1 saturated heterocycles. The van der Waals surface area contributed by atoms with Crippen LogP contribution in [0, 0.1) is 6.92 Å². The molecule has 5 aliphatic rings. The van der Waals surface area contributed by atoms with E-state index in [4.69, 9.17) is 56.8 Å². The first-order valence-electron chi connectivity index (χ1n) is 38.7. The van der Waals surface area contributed by atoms with E-state index >= 15 is 8.42 Å². The average Bonchev–Trinajstić information content (AvgIpc) is 1.63. The quantitative estimate of drug-likeness (QED) is 0.0163. The highest BCUT2D eigenvalue weighted by atomic mass is 32.2. The topological polar surface area (TPSA) is 407 Å². The summed E-state index contributed by atoms with van der Waals surface area (Å²) >= 11 is 0. The number of Topliss-reactive ketones (excluding diaryl/α,β-unsaturated/α-hetero) is 3. The number of nitrogens with zero attached hydrogens (tertiary/aromatic N) is 9. The number of aromatic nitrogens is 5. The number of amides is 2. The van der Waals surface area contributed by atoms with E-state index in [9.17, 15) is 52.8 Å². The molecule has 7 atom stereocenters. The fraction of sp³-hybridized carbons (Fsp3) is 0.365. The first-order valence-corrected chi connectivity index (χ1v) is 41.7. The van der Waals surface area contributed by atoms with Crippen molar-refractivity contribution in [3.63, 3.8) is 0 Å². The van der Waals surface area contributed by atoms with Crippen molar-refractivity contribution in [2.24, 2.45) is 17.0 Å². The maximum absolute atomic E-state index is 15.2. The maximum atomic E-state index is 15.2. The van der Waals surface area contributed by atoms with Crippen LogP contribution in [0.5, 0.6) is 34.5 Å². The van der Waals surface area contributed by atoms with E-state index in [1.54, 1.807) is 100 Å². The lowest BCUT2D eigenvalue weighted by molar-refractivity contribution is -0.277. The van der Waals surface area contributed by atoms with Crippen molar-refractivity contribution in [3.8, 4) is 34.5 Å². The van der Waals surface area contributed by atoms with Gasteiger partial charge in [-0.25, -0.2) is 18.1 Å². The molecule has 0 bridgehead atoms. The van der Waals surface area contributed by atoms with Crippen molar-refractivity contribution in [3.05, 3.63) is 219 Å². The number of aliphatic hydroxyl groups is 4. The fourth-order valence-corrected chi connectivity index (χ4v) is 16.8. The Hall–Kier alpha value is -11.4. The first-order chi connectivity index (χ1) is 57.4. The van der Waals surface area contributed by atoms with Crippen LogP contribution in [0.1, 0.15) is 129 Å². The second-order valence-corrected chi connectivity index (χ2v) is 32.9. The van der Waals surface area contributed by atoms with Crippen molar-refractivity contribution in [1.29, 1.82) is 0 Å². The van der Waals surface area contributed by atoms with Gasteiger partial charge in [-0.15, -0.1) is 5.10 Å². The number of methoxy groups -OCH3 is 2. The number of rotatable bonds is 37. The highest BCUT2D eigenvalue weighted by molar-refractivity contribution is 7.91. The highest BCUT2D eigenvalue weighted by Gasteiger charge is 2.46. The average molecular weight is 1670 g/mol. The highest BCUT2D eigenvalue weighted by Crippen LogP contribution is 2.42. The van der Waals surface area contributed by atoms with Gasteiger partial charge in [0.25, 0.3) is 11.8 Å². The molecule has 0 radical (unpaired) electrons. The van der Waals surface area contributed by atoms with Gasteiger partial charge in [0.1, 0.15) is 59.7 Å². The number of sulfone groups is 1. The summed E-state index contributed by atoms with van der Waals surface area (Å²) in [6, 6.07) is 34.1. The Morgan fingerprint density at radius 3 is 1.85 bits per heavy atom. The van der Waals surface area contributed by atoms with Gasteiger partial charge in [-0.2, -0.15) is 8.42 Å². The number of aryl methyl sites for hydroxylation is 2. The van der Waals surface area contributed by atoms with E-state index in [-0.39, 0.29) is 182 Å². The van der Waals surface area contributed by atoms with Crippen molar-refractivity contribution < 1.29 is 108 Å². The van der Waals surface area contributed by atoms with Crippen LogP contribution in [0.4, 0.5) is 11.4 Å². The van der Waals surface area contributed by atoms with E-state index in [1.807, 2.05) is 42.8 Å². The molecule has 0 spiro atoms. The number of aliphatic hydroxyl groups excluding tert-OH is 4. The van der Waals surface area contributed by atoms with Crippen molar-refractivity contribution in [1.82, 2.24) is 34.3 Å². The number of carbonyl (C=O) groups excluding carboxylic acids is 5. The van der Waals surface area contributed by atoms with Crippen LogP contribution in [0.15, 0.2) is 166 Å². The van der Waals surface area contributed by atoms with E-state index in [0.29, 0.717) is 66.1 Å². The van der Waals surface area contributed by atoms with Crippen LogP contribution in [0.25, 0.3) is 0 Å². The maximum Gasteiger partial charge on any atom is 0.342 e. The monoisotopic (exact) mass is 1670 g/mol. The third kappa shape index (κ3) is 19.6. The number of hydrogen-bond donors (Lipinski definition) is 4. The van der Waals surface area contributed by atoms with Crippen molar-refractivity contribution >= 4 is 72.9 Å². The Morgan fingerprint density at radius 2 is 1.20 bits per heavy atom. The zero-order valence-corrected chi connectivity index (χ0v) is 67.2. The fourth-order valence-electron chi connectivity index (χ4n) is 14.5. The van der Waals surface area contributed by atoms with Gasteiger partial charge in [-0.3, -0.25) is 34.0 Å². The van der Waals surface area contributed by atoms with Crippen molar-refractivity contribution in [2.75, 3.05) is 59.6 Å². The molecule has 2 aromatic heterocycles. The Labute approximate surface area is 685 Å². The van der Waals surface area contributed by atoms with Crippen LogP contribution in [-0.4, -0.2) is 216 Å². The van der Waals surface area contributed by atoms with Gasteiger partial charge in [0.15, 0.2) is 50.2 Å². The van der Waals surface area contributed by atoms with Gasteiger partial charge in [-0.1, -0.05) is 65.4 Å². The van der Waals surface area contributed by atoms with Crippen molar-refractivity contribution in [2.45, 2.75) is 144 Å². The molecule has 4 N–H and O–H groups in total. The lowest BCUT2D eigenvalue weighted by Gasteiger charge is -2.39. The van der Waals surface area contributed by atoms with E-state index in [2.05, 4.69) is 15.3 Å². The molecule has 0 aliphatic carbocycles. The molecule has 34 heteroatoms. The van der Waals surface area contributed by atoms with E-state index < -0.39 is 73.7 Å². The number of ketones is 3. The zero-order chi connectivity index (χ0) is 83.7. The zero-order valence-electron chi connectivity index (χ0n) is 65.6. The predicted molar refractivity (Wildman–Crippen MR) is 427 cm³/mol. The number of aliphatic imine (C=N–C) groups is 2. The molecule has 5 aliphatic heterocycles. The summed E-state index contributed by atoms with van der Waals surface area (Å²) in [5.74, 6) is -2.10. The summed E-state index contributed by atoms with van der Waals surface area (Å²) < 4.78 is 119. The molecule has 1 fully saturated rings. The first kappa shape index (κ1) is 84.0. The van der Waals surface area contributed by atoms with Crippen LogP contribution in [0.3, 0.4) is 0 Å². The minimum atomic E-state index is -5.16. The Kier molecular flexibility index (Phi) is 26.3. The number of carbonyl (C=O) groups is 5. The molecule has 14 rings (SSSR count). The number of imidazole rings is 1. The number of fused-ring (bicyclic) bond motifs is 6. The summed E-state index contributed by atoms with van der Waals surface area (Å²) in [6.07, 6.45) is -0.729. The van der Waals surface area contributed by atoms with Gasteiger partial charge in [0.05, 0.1) is 124 Å². The molecule has 0 saturated carbocycles. The SMILES string of the molecule is COc1cc2c(cc1OCc1cc(COc3cc4c(cc3OC)C(=O)N3Cc5ncn(C)c5C[C@@H]3C=N4)cc(OS(=O)(=O)c3cc(C(=O)CCCOCCn4cc(COCCOCCCC(=O)c5cccc(C(=O)CCS(=O)(=O)c6ccc(C)cc6)c5)nn4)ccc3OC3O[C@H](CO)[C@H](O)[C@H](O)[C@@H]3O)c1)N=C[C@@H]1Cc3ccccc3CN1C2=O. The molecule has 32 nitrogen and oxygen atoms in total. The Morgan fingerprint density at radius 1 is 0.597 bits per heavy atom. The Balaban J connectivity index is 0.617. The molecule has 119 heavy (non-hydrogen) atoms. The van der Waals surface area contributed by atoms with Gasteiger partial charge in [0.2, 0.25) is 6.29 Å². The minimum Gasteiger partial charge on any atom is -0.493 e. The standard InChI is InChI=1S/C85H89N9O23S2/c1-51-16-19-63(20-17-51)118(104,105)29-22-72(98)56-13-7-12-55(33-56)70(96)14-9-25-111-27-28-112-49-59-44-92(90-89-59)23-26-110-24-8-15-71(97)57-18-21-73(115-85-82(101)81(100)80(99)78(46-95)116-85)79(35-57)119(106,107)117-62-31-52(47-113-76-39-66-64(37-74(76)108-3)83(102)93-43-58-11-6-5-10-54(58)34-60(93)41-86-66)30-53(32-62)48-114-77-40-67-65(38-75(77)109-4)84(103)94-45-68-69(91(2)50-88-68)36-61(94)42-87-67/h5-7,10-13,16-21,30-33,35,37-42,44,50,60-61,78,80-82,85,95,99-101H,8-9,14-15,22-29,34,36,43,45-49H2,1-4H3/t60-,61+,78+,80-,81-,82-,85?/m0/s1. The summed E-state index contributed by atoms with van der Waals surface area (Å²) in [6.45, 7) is 2.52. The smallest absolute Gasteiger partial charge is 0.342 e. The van der Waals surface area contributed by atoms with Crippen LogP contribution in [-0.2, 0) is 98.2 Å². The molecule has 624 valence electrons. The predicted octanol–water partition coefficient (Wildman–Crippen LogP) is 7.93. The van der Waals surface area contributed by atoms with Crippen LogP contribution < -0.4 is 27.9 Å². The minimum absolute atomic E-state index is 0.102. The van der Waals surface area contributed by atoms with Gasteiger partial charge in [0, 0.05) is 99.4 Å². The molecule has 7 aromatic carbocycles. The lowest BCUT2D eigenvalue weighted by atomic mass is 9.94.